The van der Waals surface area contributed by atoms with Crippen LogP contribution in [0, 0.1) is 5.92 Å². The molecule has 14 heavy (non-hydrogen) atoms. The average molecular weight is 276 g/mol. The van der Waals surface area contributed by atoms with Gasteiger partial charge >= 0.3 is 0 Å². The Morgan fingerprint density at radius 1 is 1.57 bits per heavy atom. The summed E-state index contributed by atoms with van der Waals surface area (Å²) >= 11 is 5.33. The Morgan fingerprint density at radius 2 is 2.43 bits per heavy atom. The molecule has 1 aromatic rings. The second kappa shape index (κ2) is 4.73. The molecule has 2 unspecified atom stereocenters. The number of nitrogens with one attached hydrogen (secondary N) is 1. The molecule has 1 saturated heterocycles. The van der Waals surface area contributed by atoms with Gasteiger partial charge in [0.2, 0.25) is 0 Å². The molecule has 0 radical (unpaired) electrons. The summed E-state index contributed by atoms with van der Waals surface area (Å²) in [5.41, 5.74) is 0. The summed E-state index contributed by atoms with van der Waals surface area (Å²) in [6, 6.07) is 4.58. The van der Waals surface area contributed by atoms with Crippen molar-refractivity contribution in [3.8, 4) is 0 Å². The summed E-state index contributed by atoms with van der Waals surface area (Å²) in [6.07, 6.45) is 0. The van der Waals surface area contributed by atoms with E-state index < -0.39 is 0 Å². The number of thioether (sulfide) groups is 1. The highest BCUT2D eigenvalue weighted by atomic mass is 79.9. The number of hydrogen-bond donors (Lipinski definition) is 1. The fourth-order valence-corrected chi connectivity index (χ4v) is 3.38. The molecule has 0 spiro atoms. The van der Waals surface area contributed by atoms with Gasteiger partial charge in [-0.15, -0.1) is 0 Å². The maximum atomic E-state index is 5.43. The molecule has 2 heterocycles. The Labute approximate surface area is 97.0 Å². The summed E-state index contributed by atoms with van der Waals surface area (Å²) in [6.45, 7) is 3.14. The lowest BCUT2D eigenvalue weighted by Crippen LogP contribution is -2.33. The minimum absolute atomic E-state index is 0.642. The summed E-state index contributed by atoms with van der Waals surface area (Å²) < 4.78 is 6.23. The van der Waals surface area contributed by atoms with E-state index in [1.165, 1.54) is 11.5 Å². The van der Waals surface area contributed by atoms with Gasteiger partial charge in [0.1, 0.15) is 5.76 Å². The molecule has 2 nitrogen and oxygen atoms in total. The number of halogens is 1. The zero-order valence-electron chi connectivity index (χ0n) is 8.13. The SMILES string of the molecule is CC1CSCC1NCc1ccc(Br)o1. The van der Waals surface area contributed by atoms with Crippen LogP contribution in [0.1, 0.15) is 12.7 Å². The molecule has 1 aliphatic rings. The van der Waals surface area contributed by atoms with Crippen LogP contribution in [0.25, 0.3) is 0 Å². The molecular weight excluding hydrogens is 262 g/mol. The van der Waals surface area contributed by atoms with Gasteiger partial charge in [-0.1, -0.05) is 6.92 Å². The number of rotatable bonds is 3. The van der Waals surface area contributed by atoms with Crippen LogP contribution in [0.5, 0.6) is 0 Å². The Kier molecular flexibility index (Phi) is 3.57. The predicted octanol–water partition coefficient (Wildman–Crippen LogP) is 2.88. The maximum Gasteiger partial charge on any atom is 0.169 e. The lowest BCUT2D eigenvalue weighted by molar-refractivity contribution is 0.408. The van der Waals surface area contributed by atoms with Crippen LogP contribution < -0.4 is 5.32 Å². The lowest BCUT2D eigenvalue weighted by Gasteiger charge is -2.14. The fraction of sp³-hybridized carbons (Fsp3) is 0.600. The smallest absolute Gasteiger partial charge is 0.169 e. The third-order valence-electron chi connectivity index (χ3n) is 2.53. The highest BCUT2D eigenvalue weighted by Crippen LogP contribution is 2.24. The summed E-state index contributed by atoms with van der Waals surface area (Å²) in [7, 11) is 0. The first-order valence-corrected chi connectivity index (χ1v) is 6.76. The molecule has 1 fully saturated rings. The van der Waals surface area contributed by atoms with Gasteiger partial charge in [0.15, 0.2) is 4.67 Å². The Morgan fingerprint density at radius 3 is 3.00 bits per heavy atom. The third kappa shape index (κ3) is 2.55. The van der Waals surface area contributed by atoms with E-state index in [4.69, 9.17) is 4.42 Å². The number of furan rings is 1. The van der Waals surface area contributed by atoms with E-state index in [9.17, 15) is 0 Å². The minimum atomic E-state index is 0.642. The zero-order valence-corrected chi connectivity index (χ0v) is 10.5. The molecule has 4 heteroatoms. The van der Waals surface area contributed by atoms with Gasteiger partial charge in [-0.05, 0) is 39.7 Å². The van der Waals surface area contributed by atoms with Crippen molar-refractivity contribution in [2.45, 2.75) is 19.5 Å². The van der Waals surface area contributed by atoms with E-state index in [2.05, 4.69) is 28.2 Å². The van der Waals surface area contributed by atoms with E-state index in [-0.39, 0.29) is 0 Å². The van der Waals surface area contributed by atoms with Crippen LogP contribution >= 0.6 is 27.7 Å². The van der Waals surface area contributed by atoms with Crippen molar-refractivity contribution in [1.29, 1.82) is 0 Å². The van der Waals surface area contributed by atoms with Crippen LogP contribution in [0.15, 0.2) is 21.2 Å². The van der Waals surface area contributed by atoms with Gasteiger partial charge in [-0.3, -0.25) is 0 Å². The van der Waals surface area contributed by atoms with Gasteiger partial charge < -0.3 is 9.73 Å². The second-order valence-electron chi connectivity index (χ2n) is 3.71. The molecule has 0 saturated carbocycles. The molecule has 1 N–H and O–H groups in total. The van der Waals surface area contributed by atoms with Gasteiger partial charge in [0.05, 0.1) is 6.54 Å². The van der Waals surface area contributed by atoms with Gasteiger partial charge in [0, 0.05) is 11.8 Å². The normalized spacial score (nSPS) is 27.0. The van der Waals surface area contributed by atoms with Gasteiger partial charge in [-0.25, -0.2) is 0 Å². The van der Waals surface area contributed by atoms with Crippen molar-refractivity contribution < 1.29 is 4.42 Å². The van der Waals surface area contributed by atoms with E-state index >= 15 is 0 Å². The fourth-order valence-electron chi connectivity index (χ4n) is 1.60. The van der Waals surface area contributed by atoms with Crippen LogP contribution in [-0.4, -0.2) is 17.5 Å². The topological polar surface area (TPSA) is 25.2 Å². The van der Waals surface area contributed by atoms with Crippen LogP contribution in [-0.2, 0) is 6.54 Å². The quantitative estimate of drug-likeness (QED) is 0.919. The molecule has 1 aliphatic heterocycles. The van der Waals surface area contributed by atoms with Crippen molar-refractivity contribution in [2.24, 2.45) is 5.92 Å². The highest BCUT2D eigenvalue weighted by Gasteiger charge is 2.23. The Bertz CT molecular complexity index is 302. The lowest BCUT2D eigenvalue weighted by atomic mass is 10.1. The van der Waals surface area contributed by atoms with Gasteiger partial charge in [-0.2, -0.15) is 11.8 Å². The summed E-state index contributed by atoms with van der Waals surface area (Å²) in [4.78, 5) is 0. The Balaban J connectivity index is 1.82. The van der Waals surface area contributed by atoms with Crippen molar-refractivity contribution >= 4 is 27.7 Å². The summed E-state index contributed by atoms with van der Waals surface area (Å²) in [5, 5.41) is 3.53. The van der Waals surface area contributed by atoms with Crippen molar-refractivity contribution in [1.82, 2.24) is 5.32 Å². The molecule has 0 aliphatic carbocycles. The predicted molar refractivity (Wildman–Crippen MR) is 63.5 cm³/mol. The number of hydrogen-bond acceptors (Lipinski definition) is 3. The van der Waals surface area contributed by atoms with E-state index in [1.807, 2.05) is 23.9 Å². The molecule has 0 aromatic carbocycles. The largest absolute Gasteiger partial charge is 0.453 e. The molecule has 2 atom stereocenters. The van der Waals surface area contributed by atoms with Crippen molar-refractivity contribution in [3.63, 3.8) is 0 Å². The average Bonchev–Trinajstić information content (AvgIpc) is 2.72. The maximum absolute atomic E-state index is 5.43. The molecule has 78 valence electrons. The van der Waals surface area contributed by atoms with Crippen molar-refractivity contribution in [2.75, 3.05) is 11.5 Å². The van der Waals surface area contributed by atoms with Gasteiger partial charge in [0.25, 0.3) is 0 Å². The molecule has 1 aromatic heterocycles. The summed E-state index contributed by atoms with van der Waals surface area (Å²) in [5.74, 6) is 4.28. The second-order valence-corrected chi connectivity index (χ2v) is 5.56. The van der Waals surface area contributed by atoms with Crippen LogP contribution in [0.4, 0.5) is 0 Å². The molecular formula is C10H14BrNOS. The highest BCUT2D eigenvalue weighted by molar-refractivity contribution is 9.10. The monoisotopic (exact) mass is 275 g/mol. The first kappa shape index (κ1) is 10.6. The first-order valence-electron chi connectivity index (χ1n) is 4.81. The van der Waals surface area contributed by atoms with E-state index in [1.54, 1.807) is 0 Å². The van der Waals surface area contributed by atoms with Crippen LogP contribution in [0.2, 0.25) is 0 Å². The van der Waals surface area contributed by atoms with Crippen molar-refractivity contribution in [3.05, 3.63) is 22.6 Å². The standard InChI is InChI=1S/C10H14BrNOS/c1-7-5-14-6-9(7)12-4-8-2-3-10(11)13-8/h2-3,7,9,12H,4-6H2,1H3. The van der Waals surface area contributed by atoms with Crippen LogP contribution in [0.3, 0.4) is 0 Å². The molecule has 2 rings (SSSR count). The molecule has 0 bridgehead atoms. The zero-order chi connectivity index (χ0) is 9.97. The molecule has 0 amide bonds. The van der Waals surface area contributed by atoms with E-state index in [0.717, 1.165) is 22.9 Å². The first-order chi connectivity index (χ1) is 6.75. The van der Waals surface area contributed by atoms with E-state index in [0.29, 0.717) is 6.04 Å². The Hall–Kier alpha value is 0.0700. The third-order valence-corrected chi connectivity index (χ3v) is 4.31. The minimum Gasteiger partial charge on any atom is -0.453 e.